The van der Waals surface area contributed by atoms with Crippen molar-refractivity contribution >= 4 is 5.96 Å². The van der Waals surface area contributed by atoms with E-state index in [2.05, 4.69) is 44.5 Å². The molecule has 2 unspecified atom stereocenters. The molecule has 2 atom stereocenters. The number of benzene rings is 1. The first-order valence-corrected chi connectivity index (χ1v) is 11.4. The Balaban J connectivity index is 1.57. The largest absolute Gasteiger partial charge is 0.497 e. The molecule has 168 valence electrons. The summed E-state index contributed by atoms with van der Waals surface area (Å²) in [5, 5.41) is 7.13. The Morgan fingerprint density at radius 1 is 1.20 bits per heavy atom. The first-order valence-electron chi connectivity index (χ1n) is 11.4. The van der Waals surface area contributed by atoms with Gasteiger partial charge in [-0.3, -0.25) is 9.89 Å². The van der Waals surface area contributed by atoms with Crippen LogP contribution in [0.15, 0.2) is 29.3 Å². The number of ether oxygens (including phenoxy) is 2. The lowest BCUT2D eigenvalue weighted by molar-refractivity contribution is 0.0170. The predicted molar refractivity (Wildman–Crippen MR) is 122 cm³/mol. The van der Waals surface area contributed by atoms with Crippen LogP contribution in [0.1, 0.15) is 31.4 Å². The van der Waals surface area contributed by atoms with E-state index < -0.39 is 0 Å². The number of hydrogen-bond donors (Lipinski definition) is 2. The summed E-state index contributed by atoms with van der Waals surface area (Å²) in [5.41, 5.74) is 1.28. The van der Waals surface area contributed by atoms with Crippen LogP contribution in [0.3, 0.4) is 0 Å². The number of guanidine groups is 1. The lowest BCUT2D eigenvalue weighted by Crippen LogP contribution is -2.48. The number of morpholine rings is 1. The van der Waals surface area contributed by atoms with Crippen molar-refractivity contribution in [3.05, 3.63) is 29.8 Å². The van der Waals surface area contributed by atoms with Gasteiger partial charge in [0.2, 0.25) is 0 Å². The number of aliphatic imine (C=N–C) groups is 1. The molecule has 1 aromatic carbocycles. The van der Waals surface area contributed by atoms with Crippen molar-refractivity contribution in [1.29, 1.82) is 0 Å². The first-order chi connectivity index (χ1) is 14.7. The fraction of sp³-hybridized carbons (Fsp3) is 0.696. The number of piperidine rings is 1. The monoisotopic (exact) mass is 417 g/mol. The quantitative estimate of drug-likeness (QED) is 0.498. The second-order valence-corrected chi connectivity index (χ2v) is 8.17. The molecule has 2 aliphatic rings. The first kappa shape index (κ1) is 22.8. The maximum atomic E-state index is 5.57. The van der Waals surface area contributed by atoms with E-state index in [1.165, 1.54) is 31.5 Å². The molecular formula is C23H39N5O2. The van der Waals surface area contributed by atoms with Crippen LogP contribution in [0, 0.1) is 5.92 Å². The summed E-state index contributed by atoms with van der Waals surface area (Å²) in [7, 11) is 3.56. The van der Waals surface area contributed by atoms with Gasteiger partial charge in [-0.25, -0.2) is 0 Å². The minimum absolute atomic E-state index is 0.267. The van der Waals surface area contributed by atoms with Crippen LogP contribution in [0.5, 0.6) is 5.75 Å². The Bertz CT molecular complexity index is 645. The zero-order chi connectivity index (χ0) is 21.2. The SMILES string of the molecule is CCN1CCCC(CNC(=NC)NCC(c2ccc(OC)cc2)N2CCOCC2)C1. The van der Waals surface area contributed by atoms with Crippen molar-refractivity contribution in [1.82, 2.24) is 20.4 Å². The highest BCUT2D eigenvalue weighted by molar-refractivity contribution is 5.79. The Morgan fingerprint density at radius 3 is 2.63 bits per heavy atom. The lowest BCUT2D eigenvalue weighted by atomic mass is 9.98. The van der Waals surface area contributed by atoms with Gasteiger partial charge in [0.1, 0.15) is 5.75 Å². The van der Waals surface area contributed by atoms with Gasteiger partial charge in [0.25, 0.3) is 0 Å². The van der Waals surface area contributed by atoms with Gasteiger partial charge in [0, 0.05) is 39.8 Å². The van der Waals surface area contributed by atoms with Crippen LogP contribution in [0.2, 0.25) is 0 Å². The number of hydrogen-bond acceptors (Lipinski definition) is 5. The predicted octanol–water partition coefficient (Wildman–Crippen LogP) is 1.97. The molecule has 2 saturated heterocycles. The van der Waals surface area contributed by atoms with Gasteiger partial charge in [0.05, 0.1) is 26.4 Å². The van der Waals surface area contributed by atoms with Crippen molar-refractivity contribution in [2.75, 3.05) is 73.2 Å². The average Bonchev–Trinajstić information content (AvgIpc) is 2.82. The van der Waals surface area contributed by atoms with Crippen molar-refractivity contribution in [3.63, 3.8) is 0 Å². The Kier molecular flexibility index (Phi) is 9.24. The molecule has 2 fully saturated rings. The number of likely N-dealkylation sites (tertiary alicyclic amines) is 1. The van der Waals surface area contributed by atoms with Gasteiger partial charge in [0.15, 0.2) is 5.96 Å². The van der Waals surface area contributed by atoms with Crippen LogP contribution in [0.25, 0.3) is 0 Å². The number of rotatable bonds is 8. The maximum Gasteiger partial charge on any atom is 0.191 e. The fourth-order valence-corrected chi connectivity index (χ4v) is 4.43. The fourth-order valence-electron chi connectivity index (χ4n) is 4.43. The summed E-state index contributed by atoms with van der Waals surface area (Å²) in [6, 6.07) is 8.68. The second kappa shape index (κ2) is 12.1. The van der Waals surface area contributed by atoms with Crippen molar-refractivity contribution in [2.24, 2.45) is 10.9 Å². The number of nitrogens with one attached hydrogen (secondary N) is 2. The van der Waals surface area contributed by atoms with Crippen LogP contribution < -0.4 is 15.4 Å². The summed E-state index contributed by atoms with van der Waals surface area (Å²) < 4.78 is 10.9. The summed E-state index contributed by atoms with van der Waals surface area (Å²) in [6.07, 6.45) is 2.59. The second-order valence-electron chi connectivity index (χ2n) is 8.17. The van der Waals surface area contributed by atoms with E-state index in [0.717, 1.165) is 57.6 Å². The smallest absolute Gasteiger partial charge is 0.191 e. The molecule has 2 heterocycles. The summed E-state index contributed by atoms with van der Waals surface area (Å²) in [4.78, 5) is 9.51. The number of nitrogens with zero attached hydrogens (tertiary/aromatic N) is 3. The third-order valence-corrected chi connectivity index (χ3v) is 6.28. The molecule has 0 amide bonds. The molecule has 0 bridgehead atoms. The maximum absolute atomic E-state index is 5.57. The third kappa shape index (κ3) is 6.59. The Labute approximate surface area is 181 Å². The summed E-state index contributed by atoms with van der Waals surface area (Å²) in [6.45, 7) is 11.1. The van der Waals surface area contributed by atoms with Crippen molar-refractivity contribution < 1.29 is 9.47 Å². The standard InChI is InChI=1S/C23H39N5O2/c1-4-27-11-5-6-19(18-27)16-25-23(24-2)26-17-22(28-12-14-30-15-13-28)20-7-9-21(29-3)10-8-20/h7-10,19,22H,4-6,11-18H2,1-3H3,(H2,24,25,26). The molecule has 0 spiro atoms. The minimum Gasteiger partial charge on any atom is -0.497 e. The highest BCUT2D eigenvalue weighted by Gasteiger charge is 2.23. The van der Waals surface area contributed by atoms with Crippen molar-refractivity contribution in [3.8, 4) is 5.75 Å². The molecule has 7 heteroatoms. The normalized spacial score (nSPS) is 22.5. The van der Waals surface area contributed by atoms with Gasteiger partial charge >= 0.3 is 0 Å². The van der Waals surface area contributed by atoms with E-state index in [9.17, 15) is 0 Å². The zero-order valence-electron chi connectivity index (χ0n) is 18.9. The van der Waals surface area contributed by atoms with Gasteiger partial charge in [-0.1, -0.05) is 19.1 Å². The Morgan fingerprint density at radius 2 is 1.97 bits per heavy atom. The molecule has 2 aliphatic heterocycles. The zero-order valence-corrected chi connectivity index (χ0v) is 18.9. The van der Waals surface area contributed by atoms with Crippen LogP contribution in [-0.2, 0) is 4.74 Å². The van der Waals surface area contributed by atoms with Gasteiger partial charge in [-0.2, -0.15) is 0 Å². The molecule has 0 aromatic heterocycles. The van der Waals surface area contributed by atoms with E-state index >= 15 is 0 Å². The molecule has 0 aliphatic carbocycles. The molecule has 1 aromatic rings. The van der Waals surface area contributed by atoms with Crippen LogP contribution in [0.4, 0.5) is 0 Å². The highest BCUT2D eigenvalue weighted by atomic mass is 16.5. The lowest BCUT2D eigenvalue weighted by Gasteiger charge is -2.35. The van der Waals surface area contributed by atoms with E-state index in [1.54, 1.807) is 7.11 Å². The van der Waals surface area contributed by atoms with Crippen LogP contribution >= 0.6 is 0 Å². The summed E-state index contributed by atoms with van der Waals surface area (Å²) >= 11 is 0. The third-order valence-electron chi connectivity index (χ3n) is 6.28. The van der Waals surface area contributed by atoms with E-state index in [4.69, 9.17) is 9.47 Å². The molecule has 2 N–H and O–H groups in total. The average molecular weight is 418 g/mol. The van der Waals surface area contributed by atoms with Crippen LogP contribution in [-0.4, -0.2) is 88.9 Å². The molecule has 7 nitrogen and oxygen atoms in total. The van der Waals surface area contributed by atoms with E-state index in [1.807, 2.05) is 19.2 Å². The van der Waals surface area contributed by atoms with Gasteiger partial charge in [-0.05, 0) is 49.5 Å². The Hall–Kier alpha value is -1.83. The molecule has 3 rings (SSSR count). The minimum atomic E-state index is 0.267. The highest BCUT2D eigenvalue weighted by Crippen LogP contribution is 2.23. The molecule has 30 heavy (non-hydrogen) atoms. The molecule has 0 saturated carbocycles. The van der Waals surface area contributed by atoms with Gasteiger partial charge in [-0.15, -0.1) is 0 Å². The molecular weight excluding hydrogens is 378 g/mol. The van der Waals surface area contributed by atoms with E-state index in [0.29, 0.717) is 5.92 Å². The summed E-state index contributed by atoms with van der Waals surface area (Å²) in [5.74, 6) is 2.46. The molecule has 0 radical (unpaired) electrons. The van der Waals surface area contributed by atoms with E-state index in [-0.39, 0.29) is 6.04 Å². The van der Waals surface area contributed by atoms with Crippen molar-refractivity contribution in [2.45, 2.75) is 25.8 Å². The van der Waals surface area contributed by atoms with Gasteiger partial charge < -0.3 is 25.0 Å². The topological polar surface area (TPSA) is 61.4 Å². The number of methoxy groups -OCH3 is 1.